The van der Waals surface area contributed by atoms with Crippen LogP contribution in [-0.4, -0.2) is 29.0 Å². The molecule has 1 aliphatic carbocycles. The Morgan fingerprint density at radius 1 is 1.50 bits per heavy atom. The quantitative estimate of drug-likeness (QED) is 0.613. The van der Waals surface area contributed by atoms with Crippen molar-refractivity contribution in [2.45, 2.75) is 31.3 Å². The van der Waals surface area contributed by atoms with Crippen LogP contribution in [0.25, 0.3) is 0 Å². The number of carbonyl (C=O) groups is 1. The minimum atomic E-state index is -0.792. The number of nitriles is 1. The Kier molecular flexibility index (Phi) is 4.42. The number of nitro groups is 1. The number of Topliss-reactive ketones (excluding diaryl/α,β-unsaturated/α-hetero) is 1. The van der Waals surface area contributed by atoms with E-state index in [9.17, 15) is 25.3 Å². The fourth-order valence-corrected chi connectivity index (χ4v) is 3.71. The van der Waals surface area contributed by atoms with E-state index in [4.69, 9.17) is 15.2 Å². The zero-order valence-corrected chi connectivity index (χ0v) is 14.0. The summed E-state index contributed by atoms with van der Waals surface area (Å²) in [7, 11) is 1.26. The van der Waals surface area contributed by atoms with E-state index in [1.54, 1.807) is 0 Å². The summed E-state index contributed by atoms with van der Waals surface area (Å²) in [4.78, 5) is 23.1. The molecule has 1 heterocycles. The van der Waals surface area contributed by atoms with Crippen molar-refractivity contribution in [2.24, 2.45) is 11.7 Å². The van der Waals surface area contributed by atoms with Crippen LogP contribution in [0.1, 0.15) is 30.7 Å². The molecule has 0 saturated heterocycles. The summed E-state index contributed by atoms with van der Waals surface area (Å²) in [5.41, 5.74) is 5.66. The van der Waals surface area contributed by atoms with Crippen LogP contribution < -0.4 is 10.5 Å². The Hall–Kier alpha value is -3.28. The summed E-state index contributed by atoms with van der Waals surface area (Å²) in [6, 6.07) is 4.50. The average molecular weight is 359 g/mol. The van der Waals surface area contributed by atoms with Crippen molar-refractivity contribution in [3.63, 3.8) is 0 Å². The molecule has 0 radical (unpaired) electrons. The van der Waals surface area contributed by atoms with Gasteiger partial charge in [0.15, 0.2) is 11.6 Å². The number of aromatic hydroxyl groups is 1. The van der Waals surface area contributed by atoms with Crippen LogP contribution in [0.2, 0.25) is 0 Å². The molecule has 9 heteroatoms. The van der Waals surface area contributed by atoms with Gasteiger partial charge in [-0.25, -0.2) is 0 Å². The maximum atomic E-state index is 12.6. The third-order valence-electron chi connectivity index (χ3n) is 4.87. The highest BCUT2D eigenvalue weighted by Crippen LogP contribution is 2.48. The van der Waals surface area contributed by atoms with Gasteiger partial charge >= 0.3 is 5.69 Å². The summed E-state index contributed by atoms with van der Waals surface area (Å²) in [6.45, 7) is 0. The molecular formula is C17H17N3O6. The largest absolute Gasteiger partial charge is 0.500 e. The Labute approximate surface area is 148 Å². The molecule has 3 atom stereocenters. The Morgan fingerprint density at radius 3 is 2.85 bits per heavy atom. The monoisotopic (exact) mass is 359 g/mol. The number of phenols is 1. The number of fused-ring (bicyclic) bond motifs is 1. The van der Waals surface area contributed by atoms with Gasteiger partial charge in [-0.15, -0.1) is 0 Å². The van der Waals surface area contributed by atoms with Gasteiger partial charge in [0, 0.05) is 18.4 Å². The number of hydrogen-bond donors (Lipinski definition) is 2. The van der Waals surface area contributed by atoms with Gasteiger partial charge < -0.3 is 20.3 Å². The molecule has 1 saturated carbocycles. The Morgan fingerprint density at radius 2 is 2.23 bits per heavy atom. The second-order valence-electron chi connectivity index (χ2n) is 6.26. The molecule has 0 amide bonds. The molecule has 2 aliphatic rings. The number of benzene rings is 1. The maximum absolute atomic E-state index is 12.6. The van der Waals surface area contributed by atoms with E-state index in [1.165, 1.54) is 13.2 Å². The number of methoxy groups -OCH3 is 1. The predicted octanol–water partition coefficient (Wildman–Crippen LogP) is 1.85. The maximum Gasteiger partial charge on any atom is 0.314 e. The van der Waals surface area contributed by atoms with Crippen molar-refractivity contribution in [1.82, 2.24) is 0 Å². The lowest BCUT2D eigenvalue weighted by molar-refractivity contribution is -0.386. The SMILES string of the molecule is COc1cc([C@H]2C(C#N)=C(N)O[C@@H]3CCCC(=O)[C@H]23)cc([N+](=O)[O-])c1O. The van der Waals surface area contributed by atoms with Crippen molar-refractivity contribution in [2.75, 3.05) is 7.11 Å². The molecule has 1 aliphatic heterocycles. The highest BCUT2D eigenvalue weighted by atomic mass is 16.6. The minimum absolute atomic E-state index is 0.0449. The van der Waals surface area contributed by atoms with Crippen LogP contribution >= 0.6 is 0 Å². The number of nitrogens with zero attached hydrogens (tertiary/aromatic N) is 2. The summed E-state index contributed by atoms with van der Waals surface area (Å²) in [5.74, 6) is -2.35. The number of hydrogen-bond acceptors (Lipinski definition) is 8. The highest BCUT2D eigenvalue weighted by Gasteiger charge is 2.46. The standard InChI is InChI=1S/C17H17N3O6/c1-25-13-6-8(5-10(16(13)22)20(23)24)14-9(7-18)17(19)26-12-4-2-3-11(21)15(12)14/h5-6,12,14-15,22H,2-4,19H2,1H3/t12-,14+,15+/m1/s1. The number of ketones is 1. The first kappa shape index (κ1) is 17.5. The fraction of sp³-hybridized carbons (Fsp3) is 0.412. The molecule has 1 aromatic carbocycles. The first-order valence-corrected chi connectivity index (χ1v) is 8.03. The number of ether oxygens (including phenoxy) is 2. The third-order valence-corrected chi connectivity index (χ3v) is 4.87. The van der Waals surface area contributed by atoms with E-state index in [0.717, 1.165) is 6.07 Å². The molecule has 9 nitrogen and oxygen atoms in total. The fourth-order valence-electron chi connectivity index (χ4n) is 3.71. The molecule has 0 aromatic heterocycles. The zero-order chi connectivity index (χ0) is 19.0. The molecule has 136 valence electrons. The van der Waals surface area contributed by atoms with Gasteiger partial charge in [0.1, 0.15) is 18.0 Å². The second-order valence-corrected chi connectivity index (χ2v) is 6.26. The van der Waals surface area contributed by atoms with Crippen molar-refractivity contribution in [3.05, 3.63) is 39.3 Å². The predicted molar refractivity (Wildman–Crippen MR) is 88.1 cm³/mol. The Bertz CT molecular complexity index is 857. The smallest absolute Gasteiger partial charge is 0.314 e. The molecule has 3 N–H and O–H groups in total. The van der Waals surface area contributed by atoms with Crippen molar-refractivity contribution in [1.29, 1.82) is 5.26 Å². The van der Waals surface area contributed by atoms with Crippen LogP contribution in [-0.2, 0) is 9.53 Å². The number of nitrogens with two attached hydrogens (primary N) is 1. The van der Waals surface area contributed by atoms with E-state index in [2.05, 4.69) is 0 Å². The van der Waals surface area contributed by atoms with Gasteiger partial charge in [-0.1, -0.05) is 0 Å². The van der Waals surface area contributed by atoms with Crippen LogP contribution in [0.3, 0.4) is 0 Å². The molecule has 3 rings (SSSR count). The summed E-state index contributed by atoms with van der Waals surface area (Å²) in [6.07, 6.45) is 1.11. The van der Waals surface area contributed by atoms with Gasteiger partial charge in [0.25, 0.3) is 0 Å². The van der Waals surface area contributed by atoms with Crippen molar-refractivity contribution in [3.8, 4) is 17.6 Å². The molecule has 0 spiro atoms. The van der Waals surface area contributed by atoms with Gasteiger partial charge in [-0.2, -0.15) is 5.26 Å². The van der Waals surface area contributed by atoms with Gasteiger partial charge in [0.2, 0.25) is 5.75 Å². The van der Waals surface area contributed by atoms with E-state index in [1.807, 2.05) is 6.07 Å². The lowest BCUT2D eigenvalue weighted by atomic mass is 9.70. The lowest BCUT2D eigenvalue weighted by Crippen LogP contribution is -2.43. The zero-order valence-electron chi connectivity index (χ0n) is 14.0. The molecule has 1 aromatic rings. The van der Waals surface area contributed by atoms with Crippen LogP contribution in [0, 0.1) is 27.4 Å². The van der Waals surface area contributed by atoms with Gasteiger partial charge in [-0.05, 0) is 24.5 Å². The molecule has 26 heavy (non-hydrogen) atoms. The third kappa shape index (κ3) is 2.69. The van der Waals surface area contributed by atoms with E-state index in [0.29, 0.717) is 24.8 Å². The normalized spacial score (nSPS) is 25.1. The first-order chi connectivity index (χ1) is 12.4. The van der Waals surface area contributed by atoms with Crippen LogP contribution in [0.4, 0.5) is 5.69 Å². The summed E-state index contributed by atoms with van der Waals surface area (Å²) in [5, 5.41) is 30.8. The van der Waals surface area contributed by atoms with Crippen molar-refractivity contribution < 1.29 is 24.3 Å². The number of nitro benzene ring substituents is 1. The topological polar surface area (TPSA) is 149 Å². The van der Waals surface area contributed by atoms with Gasteiger partial charge in [-0.3, -0.25) is 14.9 Å². The Balaban J connectivity index is 2.23. The number of allylic oxidation sites excluding steroid dienone is 1. The molecule has 0 unspecified atom stereocenters. The second kappa shape index (κ2) is 6.55. The lowest BCUT2D eigenvalue weighted by Gasteiger charge is -2.40. The van der Waals surface area contributed by atoms with Crippen LogP contribution in [0.15, 0.2) is 23.6 Å². The molecule has 1 fully saturated rings. The molecule has 0 bridgehead atoms. The van der Waals surface area contributed by atoms with Crippen LogP contribution in [0.5, 0.6) is 11.5 Å². The highest BCUT2D eigenvalue weighted by molar-refractivity contribution is 5.84. The summed E-state index contributed by atoms with van der Waals surface area (Å²) < 4.78 is 10.6. The van der Waals surface area contributed by atoms with E-state index < -0.39 is 34.3 Å². The van der Waals surface area contributed by atoms with E-state index >= 15 is 0 Å². The van der Waals surface area contributed by atoms with Crippen molar-refractivity contribution >= 4 is 11.5 Å². The average Bonchev–Trinajstić information content (AvgIpc) is 2.60. The van der Waals surface area contributed by atoms with E-state index in [-0.39, 0.29) is 23.0 Å². The first-order valence-electron chi connectivity index (χ1n) is 8.03. The molecular weight excluding hydrogens is 342 g/mol. The minimum Gasteiger partial charge on any atom is -0.500 e. The number of carbonyl (C=O) groups excluding carboxylic acids is 1. The van der Waals surface area contributed by atoms with Gasteiger partial charge in [0.05, 0.1) is 23.5 Å². The number of rotatable bonds is 3. The summed E-state index contributed by atoms with van der Waals surface area (Å²) >= 11 is 0. The number of phenolic OH excluding ortho intramolecular Hbond substituents is 1.